The normalized spacial score (nSPS) is 37.1. The molecule has 15 atom stereocenters. The number of hydrogen-bond donors (Lipinski definition) is 2. The van der Waals surface area contributed by atoms with Gasteiger partial charge in [-0.3, -0.25) is 19.2 Å². The average Bonchev–Trinajstić information content (AvgIpc) is 3.88. The first-order valence-corrected chi connectivity index (χ1v) is 25.0. The fraction of sp³-hybridized carbons (Fsp3) is 0.731. The lowest BCUT2D eigenvalue weighted by molar-refractivity contribution is -0.265. The highest BCUT2D eigenvalue weighted by Gasteiger charge is 2.53. The summed E-state index contributed by atoms with van der Waals surface area (Å²) in [6, 6.07) is -1.25. The van der Waals surface area contributed by atoms with Crippen molar-refractivity contribution in [2.45, 2.75) is 180 Å². The summed E-state index contributed by atoms with van der Waals surface area (Å²) < 4.78 is 29.9. The molecule has 1 aromatic heterocycles. The second-order valence-corrected chi connectivity index (χ2v) is 20.4. The van der Waals surface area contributed by atoms with Gasteiger partial charge in [0.25, 0.3) is 11.7 Å². The minimum atomic E-state index is -2.43. The van der Waals surface area contributed by atoms with Crippen molar-refractivity contribution in [2.24, 2.45) is 35.5 Å². The first-order valence-electron chi connectivity index (χ1n) is 25.0. The SMILES string of the molecule is COC1C(=O)C(C)C[C@H](C)C=CC=CC=C(C)[C@@H](OC)C[C@@H]2CC[C@@H](C)[C@@](O)(O2)C(=O)C(=O)N2CCCC[C@H]2C(=O)O[C@H]([C@H](C)CC2CC[C@H](n3ncnn3)C(OC)C2)CC(=O)/C(C)=C/C(C)[C@H]1O. The number of piperidine rings is 1. The third kappa shape index (κ3) is 14.2. The predicted molar refractivity (Wildman–Crippen MR) is 256 cm³/mol. The predicted octanol–water partition coefficient (Wildman–Crippen LogP) is 6.05. The molecule has 4 aliphatic rings. The summed E-state index contributed by atoms with van der Waals surface area (Å²) in [5.74, 6) is -7.91. The monoisotopic (exact) mass is 966 g/mol. The number of aromatic nitrogens is 4. The number of rotatable bonds is 7. The van der Waals surface area contributed by atoms with E-state index in [0.717, 1.165) is 18.4 Å². The number of carbonyl (C=O) groups excluding carboxylic acids is 5. The Balaban J connectivity index is 1.46. The summed E-state index contributed by atoms with van der Waals surface area (Å²) in [7, 11) is 4.62. The van der Waals surface area contributed by atoms with E-state index in [4.69, 9.17) is 23.7 Å². The third-order valence-electron chi connectivity index (χ3n) is 15.2. The quantitative estimate of drug-likeness (QED) is 0.235. The fourth-order valence-corrected chi connectivity index (χ4v) is 10.7. The van der Waals surface area contributed by atoms with Gasteiger partial charge in [-0.05, 0) is 112 Å². The van der Waals surface area contributed by atoms with E-state index >= 15 is 0 Å². The van der Waals surface area contributed by atoms with Crippen LogP contribution in [0.1, 0.15) is 132 Å². The van der Waals surface area contributed by atoms with Crippen LogP contribution in [0.15, 0.2) is 53.9 Å². The maximum absolute atomic E-state index is 14.5. The molecule has 1 amide bonds. The van der Waals surface area contributed by atoms with Crippen molar-refractivity contribution in [3.05, 3.63) is 53.9 Å². The van der Waals surface area contributed by atoms with Crippen LogP contribution in [0.3, 0.4) is 0 Å². The Kier molecular flexibility index (Phi) is 20.8. The van der Waals surface area contributed by atoms with Crippen molar-refractivity contribution in [2.75, 3.05) is 27.9 Å². The molecule has 1 aliphatic carbocycles. The van der Waals surface area contributed by atoms with Crippen LogP contribution in [0.2, 0.25) is 0 Å². The van der Waals surface area contributed by atoms with Crippen LogP contribution in [-0.2, 0) is 47.7 Å². The zero-order valence-electron chi connectivity index (χ0n) is 42.5. The number of hydrogen-bond acceptors (Lipinski definition) is 15. The Hall–Kier alpha value is -4.26. The van der Waals surface area contributed by atoms with Crippen LogP contribution < -0.4 is 0 Å². The van der Waals surface area contributed by atoms with E-state index in [1.165, 1.54) is 18.3 Å². The number of tetrazole rings is 1. The molecule has 4 heterocycles. The van der Waals surface area contributed by atoms with Gasteiger partial charge in [0.15, 0.2) is 17.9 Å². The molecular formula is C52H79N5O12. The number of cyclic esters (lactones) is 1. The standard InChI is InChI=1S/C52H79N5O12/c1-31-16-12-11-13-17-32(2)43(65-8)28-39-21-19-37(7)52(64,69-39)49(61)50(62)56-23-15-14-18-41(56)51(63)68-44(34(4)26-38-20-22-40(45(27-38)66-9)57-54-30-53-55-57)29-42(58)33(3)25-36(6)47(60)48(67-10)46(59)35(5)24-31/h11-13,16-17,25,30-31,34-41,43-45,47-48,60,64H,14-15,18-24,26-29H2,1-10H3/b13-11?,16-12?,32-17?,33-25+/t31-,34-,35?,36?,37-,38?,39+,40+,41+,43+,44+,45?,47-,48?,52-/m1/s1. The Bertz CT molecular complexity index is 2020. The molecule has 2 saturated heterocycles. The van der Waals surface area contributed by atoms with Crippen molar-refractivity contribution in [3.63, 3.8) is 0 Å². The van der Waals surface area contributed by atoms with Gasteiger partial charge < -0.3 is 38.8 Å². The van der Waals surface area contributed by atoms with Crippen molar-refractivity contribution >= 4 is 29.2 Å². The van der Waals surface area contributed by atoms with Gasteiger partial charge in [-0.1, -0.05) is 71.1 Å². The van der Waals surface area contributed by atoms with Crippen LogP contribution >= 0.6 is 0 Å². The summed E-state index contributed by atoms with van der Waals surface area (Å²) in [4.78, 5) is 73.9. The number of aliphatic hydroxyl groups excluding tert-OH is 1. The molecule has 17 heteroatoms. The third-order valence-corrected chi connectivity index (χ3v) is 15.2. The molecule has 3 fully saturated rings. The molecule has 0 aromatic carbocycles. The summed E-state index contributed by atoms with van der Waals surface area (Å²) in [5, 5.41) is 35.7. The van der Waals surface area contributed by atoms with Gasteiger partial charge in [-0.25, -0.2) is 4.79 Å². The molecule has 5 rings (SSSR count). The number of Topliss-reactive ketones (excluding diaryl/α,β-unsaturated/α-hetero) is 3. The van der Waals surface area contributed by atoms with Crippen molar-refractivity contribution in [1.82, 2.24) is 25.1 Å². The first kappa shape index (κ1) is 55.7. The molecule has 1 saturated carbocycles. The fourth-order valence-electron chi connectivity index (χ4n) is 10.7. The second kappa shape index (κ2) is 25.7. The van der Waals surface area contributed by atoms with Crippen LogP contribution in [0, 0.1) is 35.5 Å². The van der Waals surface area contributed by atoms with E-state index in [-0.39, 0.29) is 60.9 Å². The zero-order valence-corrected chi connectivity index (χ0v) is 42.5. The highest BCUT2D eigenvalue weighted by Crippen LogP contribution is 2.39. The summed E-state index contributed by atoms with van der Waals surface area (Å²) >= 11 is 0. The maximum atomic E-state index is 14.5. The lowest BCUT2D eigenvalue weighted by Gasteiger charge is -2.42. The molecule has 3 aliphatic heterocycles. The lowest BCUT2D eigenvalue weighted by Crippen LogP contribution is -2.61. The van der Waals surface area contributed by atoms with Gasteiger partial charge in [0.1, 0.15) is 18.2 Å². The molecule has 17 nitrogen and oxygen atoms in total. The van der Waals surface area contributed by atoms with Gasteiger partial charge in [0.05, 0.1) is 30.5 Å². The number of esters is 1. The number of nitrogens with zero attached hydrogens (tertiary/aromatic N) is 5. The topological polar surface area (TPSA) is 219 Å². The highest BCUT2D eigenvalue weighted by atomic mass is 16.6. The van der Waals surface area contributed by atoms with E-state index in [9.17, 15) is 34.2 Å². The molecule has 69 heavy (non-hydrogen) atoms. The molecule has 1 aromatic rings. The van der Waals surface area contributed by atoms with Gasteiger partial charge >= 0.3 is 5.97 Å². The van der Waals surface area contributed by atoms with Crippen molar-refractivity contribution in [1.29, 1.82) is 0 Å². The number of methoxy groups -OCH3 is 3. The number of ketones is 3. The first-order chi connectivity index (χ1) is 32.8. The van der Waals surface area contributed by atoms with Crippen LogP contribution in [0.25, 0.3) is 0 Å². The zero-order chi connectivity index (χ0) is 50.6. The van der Waals surface area contributed by atoms with Crippen molar-refractivity contribution in [3.8, 4) is 0 Å². The lowest BCUT2D eigenvalue weighted by atomic mass is 9.78. The van der Waals surface area contributed by atoms with Crippen LogP contribution in [0.5, 0.6) is 0 Å². The number of carbonyl (C=O) groups is 5. The second-order valence-electron chi connectivity index (χ2n) is 20.4. The molecule has 0 spiro atoms. The van der Waals surface area contributed by atoms with E-state index < -0.39 is 77.8 Å². The van der Waals surface area contributed by atoms with Crippen molar-refractivity contribution < 1.29 is 57.9 Å². The number of allylic oxidation sites excluding steroid dienone is 6. The maximum Gasteiger partial charge on any atom is 0.329 e. The van der Waals surface area contributed by atoms with Gasteiger partial charge in [-0.15, -0.1) is 10.2 Å². The number of aliphatic hydroxyl groups is 2. The van der Waals surface area contributed by atoms with E-state index in [1.807, 2.05) is 58.1 Å². The summed E-state index contributed by atoms with van der Waals surface area (Å²) in [5.41, 5.74) is 1.20. The Morgan fingerprint density at radius 1 is 0.899 bits per heavy atom. The van der Waals surface area contributed by atoms with Crippen LogP contribution in [0.4, 0.5) is 0 Å². The van der Waals surface area contributed by atoms with Gasteiger partial charge in [0, 0.05) is 58.5 Å². The van der Waals surface area contributed by atoms with E-state index in [2.05, 4.69) is 15.4 Å². The summed E-state index contributed by atoms with van der Waals surface area (Å²) in [6.45, 7) is 12.8. The number of amides is 1. The number of fused-ring (bicyclic) bond motifs is 3. The minimum Gasteiger partial charge on any atom is -0.460 e. The molecule has 2 bridgehead atoms. The van der Waals surface area contributed by atoms with Gasteiger partial charge in [0.2, 0.25) is 5.79 Å². The minimum absolute atomic E-state index is 0.0195. The van der Waals surface area contributed by atoms with Gasteiger partial charge in [-0.2, -0.15) is 4.80 Å². The Morgan fingerprint density at radius 3 is 2.33 bits per heavy atom. The molecule has 384 valence electrons. The molecule has 5 unspecified atom stereocenters. The smallest absolute Gasteiger partial charge is 0.329 e. The number of ether oxygens (including phenoxy) is 5. The largest absolute Gasteiger partial charge is 0.460 e. The van der Waals surface area contributed by atoms with E-state index in [1.54, 1.807) is 45.9 Å². The van der Waals surface area contributed by atoms with E-state index in [0.29, 0.717) is 56.9 Å². The molecular weight excluding hydrogens is 887 g/mol. The summed E-state index contributed by atoms with van der Waals surface area (Å²) in [6.07, 6.45) is 13.7. The van der Waals surface area contributed by atoms with Crippen LogP contribution in [-0.4, -0.2) is 141 Å². The highest BCUT2D eigenvalue weighted by molar-refractivity contribution is 6.39. The average molecular weight is 966 g/mol. The molecule has 0 radical (unpaired) electrons. The molecule has 2 N–H and O–H groups in total. The Labute approximate surface area is 408 Å². The Morgan fingerprint density at radius 2 is 1.65 bits per heavy atom.